The number of rotatable bonds is 2. The van der Waals surface area contributed by atoms with Crippen LogP contribution in [0, 0.1) is 24.6 Å². The van der Waals surface area contributed by atoms with Crippen molar-refractivity contribution >= 4 is 0 Å². The summed E-state index contributed by atoms with van der Waals surface area (Å²) < 4.78 is 13.6. The predicted octanol–water partition coefficient (Wildman–Crippen LogP) is 2.35. The van der Waals surface area contributed by atoms with Crippen LogP contribution >= 0.6 is 0 Å². The molecule has 2 heterocycles. The lowest BCUT2D eigenvalue weighted by atomic mass is 10.0. The highest BCUT2D eigenvalue weighted by Crippen LogP contribution is 2.33. The predicted molar refractivity (Wildman–Crippen MR) is 71.0 cm³/mol. The molecule has 0 aliphatic carbocycles. The fourth-order valence-corrected chi connectivity index (χ4v) is 3.29. The Morgan fingerprint density at radius 1 is 1.28 bits per heavy atom. The van der Waals surface area contributed by atoms with E-state index in [2.05, 4.69) is 23.2 Å². The summed E-state index contributed by atoms with van der Waals surface area (Å²) in [7, 11) is 0. The van der Waals surface area contributed by atoms with E-state index >= 15 is 0 Å². The van der Waals surface area contributed by atoms with Gasteiger partial charge < -0.3 is 5.32 Å². The molecule has 98 valence electrons. The van der Waals surface area contributed by atoms with E-state index in [1.54, 1.807) is 6.07 Å². The first-order valence-corrected chi connectivity index (χ1v) is 6.86. The van der Waals surface area contributed by atoms with E-state index in [0.717, 1.165) is 49.1 Å². The summed E-state index contributed by atoms with van der Waals surface area (Å²) in [6.45, 7) is 8.60. The molecule has 3 rings (SSSR count). The van der Waals surface area contributed by atoms with Gasteiger partial charge in [-0.15, -0.1) is 0 Å². The van der Waals surface area contributed by atoms with Gasteiger partial charge >= 0.3 is 0 Å². The SMILES string of the molecule is Cc1ccc(C(C)N2CC3CNCC3C2)cc1F. The molecule has 2 nitrogen and oxygen atoms in total. The van der Waals surface area contributed by atoms with Crippen LogP contribution < -0.4 is 5.32 Å². The number of halogens is 1. The van der Waals surface area contributed by atoms with Gasteiger partial charge in [0.2, 0.25) is 0 Å². The van der Waals surface area contributed by atoms with Crippen molar-refractivity contribution in [2.24, 2.45) is 11.8 Å². The van der Waals surface area contributed by atoms with E-state index in [4.69, 9.17) is 0 Å². The van der Waals surface area contributed by atoms with E-state index in [1.807, 2.05) is 13.0 Å². The van der Waals surface area contributed by atoms with E-state index in [9.17, 15) is 4.39 Å². The lowest BCUT2D eigenvalue weighted by Gasteiger charge is -2.25. The highest BCUT2D eigenvalue weighted by molar-refractivity contribution is 5.25. The van der Waals surface area contributed by atoms with Gasteiger partial charge in [0.15, 0.2) is 0 Å². The maximum absolute atomic E-state index is 13.6. The zero-order valence-electron chi connectivity index (χ0n) is 11.1. The summed E-state index contributed by atoms with van der Waals surface area (Å²) in [5, 5.41) is 3.45. The van der Waals surface area contributed by atoms with Crippen LogP contribution in [0.4, 0.5) is 4.39 Å². The van der Waals surface area contributed by atoms with Gasteiger partial charge in [-0.2, -0.15) is 0 Å². The summed E-state index contributed by atoms with van der Waals surface area (Å²) in [5.41, 5.74) is 1.83. The standard InChI is InChI=1S/C15H21FN2/c1-10-3-4-12(5-15(10)16)11(2)18-8-13-6-17-7-14(13)9-18/h3-5,11,13-14,17H,6-9H2,1-2H3. The maximum Gasteiger partial charge on any atom is 0.126 e. The normalized spacial score (nSPS) is 29.5. The van der Waals surface area contributed by atoms with Crippen molar-refractivity contribution < 1.29 is 4.39 Å². The Kier molecular flexibility index (Phi) is 3.12. The molecule has 2 saturated heterocycles. The van der Waals surface area contributed by atoms with Crippen LogP contribution in [0.3, 0.4) is 0 Å². The highest BCUT2D eigenvalue weighted by Gasteiger charge is 2.37. The Balaban J connectivity index is 1.74. The van der Waals surface area contributed by atoms with Crippen molar-refractivity contribution in [1.29, 1.82) is 0 Å². The molecule has 0 aromatic heterocycles. The van der Waals surface area contributed by atoms with E-state index in [-0.39, 0.29) is 5.82 Å². The van der Waals surface area contributed by atoms with Gasteiger partial charge in [0, 0.05) is 19.1 Å². The lowest BCUT2D eigenvalue weighted by Crippen LogP contribution is -2.28. The average Bonchev–Trinajstić information content (AvgIpc) is 2.92. The third-order valence-corrected chi connectivity index (χ3v) is 4.64. The molecule has 3 heteroatoms. The van der Waals surface area contributed by atoms with Crippen LogP contribution in [-0.4, -0.2) is 31.1 Å². The molecule has 1 aromatic rings. The smallest absolute Gasteiger partial charge is 0.126 e. The number of aryl methyl sites for hydroxylation is 1. The monoisotopic (exact) mass is 248 g/mol. The molecule has 0 radical (unpaired) electrons. The minimum atomic E-state index is -0.0830. The fraction of sp³-hybridized carbons (Fsp3) is 0.600. The third kappa shape index (κ3) is 2.06. The zero-order valence-corrected chi connectivity index (χ0v) is 11.1. The van der Waals surface area contributed by atoms with Gasteiger partial charge in [0.25, 0.3) is 0 Å². The first kappa shape index (κ1) is 12.1. The molecule has 1 aromatic carbocycles. The molecule has 2 aliphatic heterocycles. The quantitative estimate of drug-likeness (QED) is 0.864. The van der Waals surface area contributed by atoms with Crippen LogP contribution in [0.5, 0.6) is 0 Å². The Hall–Kier alpha value is -0.930. The fourth-order valence-electron chi connectivity index (χ4n) is 3.29. The number of nitrogens with zero attached hydrogens (tertiary/aromatic N) is 1. The number of hydrogen-bond donors (Lipinski definition) is 1. The summed E-state index contributed by atoms with van der Waals surface area (Å²) in [4.78, 5) is 2.50. The van der Waals surface area contributed by atoms with Gasteiger partial charge in [-0.3, -0.25) is 4.90 Å². The molecule has 1 N–H and O–H groups in total. The molecule has 3 atom stereocenters. The largest absolute Gasteiger partial charge is 0.316 e. The number of nitrogens with one attached hydrogen (secondary N) is 1. The van der Waals surface area contributed by atoms with Crippen LogP contribution in [0.1, 0.15) is 24.1 Å². The van der Waals surface area contributed by atoms with Crippen molar-refractivity contribution in [3.05, 3.63) is 35.1 Å². The molecule has 0 amide bonds. The first-order valence-electron chi connectivity index (χ1n) is 6.86. The summed E-state index contributed by atoms with van der Waals surface area (Å²) in [6.07, 6.45) is 0. The molecule has 2 fully saturated rings. The molecule has 3 unspecified atom stereocenters. The second-order valence-electron chi connectivity index (χ2n) is 5.82. The minimum absolute atomic E-state index is 0.0830. The molecule has 18 heavy (non-hydrogen) atoms. The topological polar surface area (TPSA) is 15.3 Å². The van der Waals surface area contributed by atoms with Crippen LogP contribution in [0.25, 0.3) is 0 Å². The summed E-state index contributed by atoms with van der Waals surface area (Å²) >= 11 is 0. The highest BCUT2D eigenvalue weighted by atomic mass is 19.1. The van der Waals surface area contributed by atoms with Crippen LogP contribution in [0.15, 0.2) is 18.2 Å². The van der Waals surface area contributed by atoms with E-state index < -0.39 is 0 Å². The lowest BCUT2D eigenvalue weighted by molar-refractivity contribution is 0.243. The third-order valence-electron chi connectivity index (χ3n) is 4.64. The van der Waals surface area contributed by atoms with Gasteiger partial charge in [-0.25, -0.2) is 4.39 Å². The van der Waals surface area contributed by atoms with Crippen molar-refractivity contribution in [2.75, 3.05) is 26.2 Å². The molecular weight excluding hydrogens is 227 g/mol. The molecule has 0 spiro atoms. The number of fused-ring (bicyclic) bond motifs is 1. The van der Waals surface area contributed by atoms with Gasteiger partial charge in [0.1, 0.15) is 5.82 Å². The van der Waals surface area contributed by atoms with Gasteiger partial charge in [-0.05, 0) is 56.0 Å². The van der Waals surface area contributed by atoms with Crippen molar-refractivity contribution in [3.63, 3.8) is 0 Å². The minimum Gasteiger partial charge on any atom is -0.316 e. The molecule has 0 bridgehead atoms. The average molecular weight is 248 g/mol. The van der Waals surface area contributed by atoms with Crippen molar-refractivity contribution in [1.82, 2.24) is 10.2 Å². The summed E-state index contributed by atoms with van der Waals surface area (Å²) in [6, 6.07) is 5.98. The van der Waals surface area contributed by atoms with Gasteiger partial charge in [-0.1, -0.05) is 12.1 Å². The zero-order chi connectivity index (χ0) is 12.7. The van der Waals surface area contributed by atoms with Crippen LogP contribution in [0.2, 0.25) is 0 Å². The molecule has 2 aliphatic rings. The van der Waals surface area contributed by atoms with Gasteiger partial charge in [0.05, 0.1) is 0 Å². The maximum atomic E-state index is 13.6. The second kappa shape index (κ2) is 4.63. The second-order valence-corrected chi connectivity index (χ2v) is 5.82. The Morgan fingerprint density at radius 3 is 2.56 bits per heavy atom. The van der Waals surface area contributed by atoms with Crippen molar-refractivity contribution in [2.45, 2.75) is 19.9 Å². The number of hydrogen-bond acceptors (Lipinski definition) is 2. The first-order chi connectivity index (χ1) is 8.65. The summed E-state index contributed by atoms with van der Waals surface area (Å²) in [5.74, 6) is 1.51. The van der Waals surface area contributed by atoms with Crippen LogP contribution in [-0.2, 0) is 0 Å². The Labute approximate surface area is 108 Å². The number of benzene rings is 1. The Bertz CT molecular complexity index is 434. The van der Waals surface area contributed by atoms with Crippen molar-refractivity contribution in [3.8, 4) is 0 Å². The van der Waals surface area contributed by atoms with E-state index in [1.165, 1.54) is 0 Å². The van der Waals surface area contributed by atoms with E-state index in [0.29, 0.717) is 6.04 Å². The Morgan fingerprint density at radius 2 is 1.94 bits per heavy atom. The molecule has 0 saturated carbocycles. The number of likely N-dealkylation sites (tertiary alicyclic amines) is 1. The molecular formula is C15H21FN2.